The van der Waals surface area contributed by atoms with E-state index < -0.39 is 0 Å². The number of hydrogen-bond donors (Lipinski definition) is 1. The lowest BCUT2D eigenvalue weighted by atomic mass is 10.00. The standard InChI is InChI=1S/C16H25N3/c1-14-9-12-19(13-10-14)16(17)18-11-5-8-15-6-3-2-4-7-15/h2-4,6-7,14H,5,8-13H2,1H3,(H2,17,18). The van der Waals surface area contributed by atoms with Gasteiger partial charge < -0.3 is 10.6 Å². The van der Waals surface area contributed by atoms with Gasteiger partial charge in [0.05, 0.1) is 0 Å². The van der Waals surface area contributed by atoms with Crippen molar-refractivity contribution in [1.29, 1.82) is 0 Å². The summed E-state index contributed by atoms with van der Waals surface area (Å²) in [5, 5.41) is 0. The summed E-state index contributed by atoms with van der Waals surface area (Å²) in [4.78, 5) is 6.73. The number of likely N-dealkylation sites (tertiary alicyclic amines) is 1. The zero-order chi connectivity index (χ0) is 13.5. The molecule has 1 fully saturated rings. The highest BCUT2D eigenvalue weighted by Crippen LogP contribution is 2.15. The van der Waals surface area contributed by atoms with E-state index in [1.807, 2.05) is 0 Å². The van der Waals surface area contributed by atoms with Crippen LogP contribution in [0.25, 0.3) is 0 Å². The van der Waals surface area contributed by atoms with E-state index in [9.17, 15) is 0 Å². The number of aliphatic imine (C=N–C) groups is 1. The molecule has 0 spiro atoms. The molecular formula is C16H25N3. The molecule has 104 valence electrons. The van der Waals surface area contributed by atoms with Gasteiger partial charge in [-0.25, -0.2) is 0 Å². The molecule has 0 bridgehead atoms. The summed E-state index contributed by atoms with van der Waals surface area (Å²) in [6.45, 7) is 5.27. The molecule has 2 N–H and O–H groups in total. The van der Waals surface area contributed by atoms with Crippen molar-refractivity contribution < 1.29 is 0 Å². The number of hydrogen-bond acceptors (Lipinski definition) is 1. The summed E-state index contributed by atoms with van der Waals surface area (Å²) in [6, 6.07) is 10.6. The number of aryl methyl sites for hydroxylation is 1. The highest BCUT2D eigenvalue weighted by atomic mass is 15.3. The van der Waals surface area contributed by atoms with Crippen molar-refractivity contribution >= 4 is 5.96 Å². The Morgan fingerprint density at radius 3 is 2.63 bits per heavy atom. The second-order valence-corrected chi connectivity index (χ2v) is 5.50. The van der Waals surface area contributed by atoms with Crippen LogP contribution in [-0.2, 0) is 6.42 Å². The van der Waals surface area contributed by atoms with Crippen molar-refractivity contribution in [2.75, 3.05) is 19.6 Å². The number of nitrogens with zero attached hydrogens (tertiary/aromatic N) is 2. The van der Waals surface area contributed by atoms with Crippen LogP contribution in [0, 0.1) is 5.92 Å². The molecule has 0 aromatic heterocycles. The number of piperidine rings is 1. The Balaban J connectivity index is 1.70. The van der Waals surface area contributed by atoms with Crippen LogP contribution in [0.4, 0.5) is 0 Å². The Hall–Kier alpha value is -1.51. The summed E-state index contributed by atoms with van der Waals surface area (Å²) in [5.74, 6) is 1.57. The zero-order valence-corrected chi connectivity index (χ0v) is 11.9. The summed E-state index contributed by atoms with van der Waals surface area (Å²) < 4.78 is 0. The van der Waals surface area contributed by atoms with Gasteiger partial charge in [0.2, 0.25) is 0 Å². The summed E-state index contributed by atoms with van der Waals surface area (Å²) in [5.41, 5.74) is 7.43. The molecule has 1 saturated heterocycles. The fourth-order valence-corrected chi connectivity index (χ4v) is 2.46. The monoisotopic (exact) mass is 259 g/mol. The van der Waals surface area contributed by atoms with E-state index in [0.717, 1.165) is 44.4 Å². The van der Waals surface area contributed by atoms with Crippen molar-refractivity contribution in [1.82, 2.24) is 4.90 Å². The van der Waals surface area contributed by atoms with E-state index >= 15 is 0 Å². The van der Waals surface area contributed by atoms with Crippen LogP contribution in [0.3, 0.4) is 0 Å². The average molecular weight is 259 g/mol. The molecule has 0 aliphatic carbocycles. The molecule has 0 radical (unpaired) electrons. The fraction of sp³-hybridized carbons (Fsp3) is 0.562. The van der Waals surface area contributed by atoms with Crippen LogP contribution in [0.5, 0.6) is 0 Å². The molecule has 3 heteroatoms. The average Bonchev–Trinajstić information content (AvgIpc) is 2.45. The summed E-state index contributed by atoms with van der Waals surface area (Å²) >= 11 is 0. The molecule has 3 nitrogen and oxygen atoms in total. The Kier molecular flexibility index (Phi) is 5.25. The molecule has 1 aliphatic heterocycles. The largest absolute Gasteiger partial charge is 0.370 e. The molecule has 1 aliphatic rings. The Morgan fingerprint density at radius 2 is 1.95 bits per heavy atom. The maximum atomic E-state index is 6.05. The smallest absolute Gasteiger partial charge is 0.191 e. The molecule has 1 aromatic rings. The van der Waals surface area contributed by atoms with Gasteiger partial charge in [-0.05, 0) is 37.2 Å². The zero-order valence-electron chi connectivity index (χ0n) is 11.9. The van der Waals surface area contributed by atoms with Crippen LogP contribution in [-0.4, -0.2) is 30.5 Å². The molecular weight excluding hydrogens is 234 g/mol. The van der Waals surface area contributed by atoms with E-state index in [0.29, 0.717) is 0 Å². The highest BCUT2D eigenvalue weighted by molar-refractivity contribution is 5.78. The third-order valence-electron chi connectivity index (χ3n) is 3.85. The minimum absolute atomic E-state index is 0.736. The van der Waals surface area contributed by atoms with E-state index in [1.165, 1.54) is 18.4 Å². The van der Waals surface area contributed by atoms with Gasteiger partial charge in [-0.15, -0.1) is 0 Å². The van der Waals surface area contributed by atoms with E-state index in [2.05, 4.69) is 47.1 Å². The lowest BCUT2D eigenvalue weighted by Crippen LogP contribution is -2.42. The van der Waals surface area contributed by atoms with Crippen molar-refractivity contribution in [3.8, 4) is 0 Å². The van der Waals surface area contributed by atoms with E-state index in [4.69, 9.17) is 5.73 Å². The molecule has 1 aromatic carbocycles. The van der Waals surface area contributed by atoms with Crippen LogP contribution in [0.2, 0.25) is 0 Å². The van der Waals surface area contributed by atoms with Crippen LogP contribution in [0.15, 0.2) is 35.3 Å². The quantitative estimate of drug-likeness (QED) is 0.513. The second-order valence-electron chi connectivity index (χ2n) is 5.50. The van der Waals surface area contributed by atoms with Gasteiger partial charge in [0.1, 0.15) is 0 Å². The third-order valence-corrected chi connectivity index (χ3v) is 3.85. The second kappa shape index (κ2) is 7.17. The van der Waals surface area contributed by atoms with Gasteiger partial charge >= 0.3 is 0 Å². The number of benzene rings is 1. The first-order valence-electron chi connectivity index (χ1n) is 7.34. The molecule has 2 rings (SSSR count). The molecule has 19 heavy (non-hydrogen) atoms. The van der Waals surface area contributed by atoms with Crippen LogP contribution in [0.1, 0.15) is 31.7 Å². The molecule has 0 unspecified atom stereocenters. The molecule has 0 atom stereocenters. The summed E-state index contributed by atoms with van der Waals surface area (Å²) in [7, 11) is 0. The lowest BCUT2D eigenvalue weighted by molar-refractivity contribution is 0.277. The number of nitrogens with two attached hydrogens (primary N) is 1. The lowest BCUT2D eigenvalue weighted by Gasteiger charge is -2.31. The van der Waals surface area contributed by atoms with E-state index in [1.54, 1.807) is 0 Å². The number of rotatable bonds is 4. The van der Waals surface area contributed by atoms with Crippen molar-refractivity contribution in [3.63, 3.8) is 0 Å². The van der Waals surface area contributed by atoms with Gasteiger partial charge in [0, 0.05) is 19.6 Å². The minimum Gasteiger partial charge on any atom is -0.370 e. The predicted octanol–water partition coefficient (Wildman–Crippen LogP) is 2.67. The van der Waals surface area contributed by atoms with Crippen LogP contribution >= 0.6 is 0 Å². The van der Waals surface area contributed by atoms with Gasteiger partial charge in [0.15, 0.2) is 5.96 Å². The first-order valence-corrected chi connectivity index (χ1v) is 7.34. The maximum Gasteiger partial charge on any atom is 0.191 e. The molecule has 1 heterocycles. The third kappa shape index (κ3) is 4.58. The van der Waals surface area contributed by atoms with Crippen molar-refractivity contribution in [2.45, 2.75) is 32.6 Å². The Bertz CT molecular complexity index is 392. The van der Waals surface area contributed by atoms with Gasteiger partial charge in [-0.3, -0.25) is 4.99 Å². The number of guanidine groups is 1. The van der Waals surface area contributed by atoms with E-state index in [-0.39, 0.29) is 0 Å². The normalized spacial score (nSPS) is 17.7. The first kappa shape index (κ1) is 13.9. The SMILES string of the molecule is CC1CCN(C(N)=NCCCc2ccccc2)CC1. The van der Waals surface area contributed by atoms with Gasteiger partial charge in [0.25, 0.3) is 0 Å². The molecule has 0 saturated carbocycles. The predicted molar refractivity (Wildman–Crippen MR) is 81.2 cm³/mol. The van der Waals surface area contributed by atoms with Crippen molar-refractivity contribution in [3.05, 3.63) is 35.9 Å². The minimum atomic E-state index is 0.736. The first-order chi connectivity index (χ1) is 9.25. The maximum absolute atomic E-state index is 6.05. The summed E-state index contributed by atoms with van der Waals surface area (Å²) in [6.07, 6.45) is 4.62. The van der Waals surface area contributed by atoms with Crippen molar-refractivity contribution in [2.24, 2.45) is 16.6 Å². The Morgan fingerprint density at radius 1 is 1.26 bits per heavy atom. The highest BCUT2D eigenvalue weighted by Gasteiger charge is 2.16. The van der Waals surface area contributed by atoms with Gasteiger partial charge in [-0.2, -0.15) is 0 Å². The van der Waals surface area contributed by atoms with Gasteiger partial charge in [-0.1, -0.05) is 37.3 Å². The molecule has 0 amide bonds. The topological polar surface area (TPSA) is 41.6 Å². The Labute approximate surface area is 116 Å². The van der Waals surface area contributed by atoms with Crippen LogP contribution < -0.4 is 5.73 Å². The fourth-order valence-electron chi connectivity index (χ4n) is 2.46.